The molecule has 1 rings (SSSR count). The first kappa shape index (κ1) is 11.2. The van der Waals surface area contributed by atoms with Gasteiger partial charge in [-0.1, -0.05) is 0 Å². The van der Waals surface area contributed by atoms with E-state index in [1.165, 1.54) is 14.0 Å². The molecule has 1 aromatic carbocycles. The number of anilines is 1. The standard InChI is InChI=1S/C11H13NO3/c1-7-6-9(11(14)15-3)4-5-10(7)12-8(2)13/h4-6H,1-3H3,(H,12,13). The van der Waals surface area contributed by atoms with E-state index in [1.54, 1.807) is 18.2 Å². The van der Waals surface area contributed by atoms with Crippen LogP contribution in [0.3, 0.4) is 0 Å². The molecule has 1 aromatic rings. The lowest BCUT2D eigenvalue weighted by Crippen LogP contribution is -2.08. The molecule has 0 atom stereocenters. The van der Waals surface area contributed by atoms with Gasteiger partial charge in [0.1, 0.15) is 0 Å². The number of benzene rings is 1. The summed E-state index contributed by atoms with van der Waals surface area (Å²) >= 11 is 0. The lowest BCUT2D eigenvalue weighted by atomic mass is 10.1. The molecule has 4 heteroatoms. The van der Waals surface area contributed by atoms with Crippen LogP contribution in [0.1, 0.15) is 22.8 Å². The molecule has 0 unspecified atom stereocenters. The van der Waals surface area contributed by atoms with Gasteiger partial charge in [-0.3, -0.25) is 4.79 Å². The maximum absolute atomic E-state index is 11.2. The van der Waals surface area contributed by atoms with Crippen molar-refractivity contribution in [2.45, 2.75) is 13.8 Å². The van der Waals surface area contributed by atoms with Crippen molar-refractivity contribution in [2.75, 3.05) is 12.4 Å². The molecule has 0 aliphatic rings. The Morgan fingerprint density at radius 3 is 2.47 bits per heavy atom. The predicted octanol–water partition coefficient (Wildman–Crippen LogP) is 1.74. The molecule has 0 radical (unpaired) electrons. The average molecular weight is 207 g/mol. The number of ether oxygens (including phenoxy) is 1. The summed E-state index contributed by atoms with van der Waals surface area (Å²) in [4.78, 5) is 22.0. The fraction of sp³-hybridized carbons (Fsp3) is 0.273. The third-order valence-electron chi connectivity index (χ3n) is 1.96. The van der Waals surface area contributed by atoms with Crippen LogP contribution in [0, 0.1) is 6.92 Å². The Hall–Kier alpha value is -1.84. The molecule has 15 heavy (non-hydrogen) atoms. The van der Waals surface area contributed by atoms with Gasteiger partial charge >= 0.3 is 5.97 Å². The quantitative estimate of drug-likeness (QED) is 0.751. The van der Waals surface area contributed by atoms with Crippen molar-refractivity contribution in [2.24, 2.45) is 0 Å². The van der Waals surface area contributed by atoms with Gasteiger partial charge < -0.3 is 10.1 Å². The highest BCUT2D eigenvalue weighted by atomic mass is 16.5. The third kappa shape index (κ3) is 2.80. The Bertz CT molecular complexity index is 399. The molecule has 1 amide bonds. The van der Waals surface area contributed by atoms with Crippen molar-refractivity contribution in [3.05, 3.63) is 29.3 Å². The molecule has 0 fully saturated rings. The number of aryl methyl sites for hydroxylation is 1. The normalized spacial score (nSPS) is 9.53. The van der Waals surface area contributed by atoms with E-state index in [2.05, 4.69) is 10.1 Å². The lowest BCUT2D eigenvalue weighted by molar-refractivity contribution is -0.114. The van der Waals surface area contributed by atoms with E-state index in [-0.39, 0.29) is 11.9 Å². The first-order chi connectivity index (χ1) is 7.04. The number of hydrogen-bond acceptors (Lipinski definition) is 3. The fourth-order valence-corrected chi connectivity index (χ4v) is 1.24. The summed E-state index contributed by atoms with van der Waals surface area (Å²) in [6.45, 7) is 3.26. The number of methoxy groups -OCH3 is 1. The SMILES string of the molecule is COC(=O)c1ccc(NC(C)=O)c(C)c1. The van der Waals surface area contributed by atoms with Gasteiger partial charge in [0.05, 0.1) is 12.7 Å². The van der Waals surface area contributed by atoms with Gasteiger partial charge in [0.25, 0.3) is 0 Å². The molecule has 1 N–H and O–H groups in total. The van der Waals surface area contributed by atoms with Crippen LogP contribution in [-0.2, 0) is 9.53 Å². The largest absolute Gasteiger partial charge is 0.465 e. The van der Waals surface area contributed by atoms with Crippen LogP contribution in [0.25, 0.3) is 0 Å². The fourth-order valence-electron chi connectivity index (χ4n) is 1.24. The monoisotopic (exact) mass is 207 g/mol. The summed E-state index contributed by atoms with van der Waals surface area (Å²) in [6, 6.07) is 4.98. The number of carbonyl (C=O) groups is 2. The highest BCUT2D eigenvalue weighted by Gasteiger charge is 2.07. The van der Waals surface area contributed by atoms with Crippen LogP contribution >= 0.6 is 0 Å². The molecule has 80 valence electrons. The summed E-state index contributed by atoms with van der Waals surface area (Å²) in [5, 5.41) is 2.67. The molecule has 0 aliphatic heterocycles. The Balaban J connectivity index is 2.97. The van der Waals surface area contributed by atoms with Crippen LogP contribution in [0.2, 0.25) is 0 Å². The maximum Gasteiger partial charge on any atom is 0.337 e. The number of nitrogens with one attached hydrogen (secondary N) is 1. The topological polar surface area (TPSA) is 55.4 Å². The molecule has 4 nitrogen and oxygen atoms in total. The van der Waals surface area contributed by atoms with Crippen LogP contribution in [-0.4, -0.2) is 19.0 Å². The first-order valence-electron chi connectivity index (χ1n) is 4.51. The minimum atomic E-state index is -0.382. The zero-order valence-corrected chi connectivity index (χ0v) is 8.96. The van der Waals surface area contributed by atoms with Crippen molar-refractivity contribution < 1.29 is 14.3 Å². The van der Waals surface area contributed by atoms with Gasteiger partial charge in [0.2, 0.25) is 5.91 Å². The van der Waals surface area contributed by atoms with E-state index in [1.807, 2.05) is 6.92 Å². The first-order valence-corrected chi connectivity index (χ1v) is 4.51. The van der Waals surface area contributed by atoms with Gasteiger partial charge in [0, 0.05) is 12.6 Å². The Morgan fingerprint density at radius 2 is 2.00 bits per heavy atom. The maximum atomic E-state index is 11.2. The zero-order valence-electron chi connectivity index (χ0n) is 8.96. The minimum Gasteiger partial charge on any atom is -0.465 e. The zero-order chi connectivity index (χ0) is 11.4. The molecule has 0 saturated heterocycles. The van der Waals surface area contributed by atoms with Crippen molar-refractivity contribution in [1.29, 1.82) is 0 Å². The summed E-state index contributed by atoms with van der Waals surface area (Å²) in [6.07, 6.45) is 0. The average Bonchev–Trinajstić information content (AvgIpc) is 2.19. The second-order valence-corrected chi connectivity index (χ2v) is 3.20. The highest BCUT2D eigenvalue weighted by Crippen LogP contribution is 2.16. The second-order valence-electron chi connectivity index (χ2n) is 3.20. The van der Waals surface area contributed by atoms with Crippen LogP contribution < -0.4 is 5.32 Å². The number of carbonyl (C=O) groups excluding carboxylic acids is 2. The molecule has 0 saturated carbocycles. The molecule has 0 bridgehead atoms. The lowest BCUT2D eigenvalue weighted by Gasteiger charge is -2.07. The summed E-state index contributed by atoms with van der Waals surface area (Å²) in [7, 11) is 1.33. The van der Waals surface area contributed by atoms with Crippen molar-refractivity contribution in [3.8, 4) is 0 Å². The van der Waals surface area contributed by atoms with Gasteiger partial charge in [-0.2, -0.15) is 0 Å². The van der Waals surface area contributed by atoms with E-state index in [0.29, 0.717) is 11.3 Å². The smallest absolute Gasteiger partial charge is 0.337 e. The van der Waals surface area contributed by atoms with Gasteiger partial charge in [-0.25, -0.2) is 4.79 Å². The Kier molecular flexibility index (Phi) is 3.44. The van der Waals surface area contributed by atoms with E-state index in [9.17, 15) is 9.59 Å². The molecule has 0 spiro atoms. The molecule has 0 aromatic heterocycles. The molecular formula is C11H13NO3. The molecule has 0 heterocycles. The van der Waals surface area contributed by atoms with Gasteiger partial charge in [-0.15, -0.1) is 0 Å². The van der Waals surface area contributed by atoms with E-state index in [4.69, 9.17) is 0 Å². The number of esters is 1. The van der Waals surface area contributed by atoms with Crippen molar-refractivity contribution in [3.63, 3.8) is 0 Å². The number of rotatable bonds is 2. The van der Waals surface area contributed by atoms with Gasteiger partial charge in [-0.05, 0) is 30.7 Å². The van der Waals surface area contributed by atoms with Crippen molar-refractivity contribution >= 4 is 17.6 Å². The minimum absolute atomic E-state index is 0.135. The highest BCUT2D eigenvalue weighted by molar-refractivity contribution is 5.93. The van der Waals surface area contributed by atoms with Crippen LogP contribution in [0.4, 0.5) is 5.69 Å². The summed E-state index contributed by atoms with van der Waals surface area (Å²) < 4.78 is 4.59. The summed E-state index contributed by atoms with van der Waals surface area (Å²) in [5.41, 5.74) is 2.01. The number of amides is 1. The Morgan fingerprint density at radius 1 is 1.33 bits per heavy atom. The van der Waals surface area contributed by atoms with Gasteiger partial charge in [0.15, 0.2) is 0 Å². The van der Waals surface area contributed by atoms with E-state index >= 15 is 0 Å². The molecular weight excluding hydrogens is 194 g/mol. The van der Waals surface area contributed by atoms with Crippen molar-refractivity contribution in [1.82, 2.24) is 0 Å². The summed E-state index contributed by atoms with van der Waals surface area (Å²) in [5.74, 6) is -0.517. The van der Waals surface area contributed by atoms with E-state index < -0.39 is 0 Å². The van der Waals surface area contributed by atoms with E-state index in [0.717, 1.165) is 5.56 Å². The number of hydrogen-bond donors (Lipinski definition) is 1. The van der Waals surface area contributed by atoms with Crippen LogP contribution in [0.5, 0.6) is 0 Å². The molecule has 0 aliphatic carbocycles. The Labute approximate surface area is 88.2 Å². The second kappa shape index (κ2) is 4.59. The van der Waals surface area contributed by atoms with Crippen LogP contribution in [0.15, 0.2) is 18.2 Å². The predicted molar refractivity (Wildman–Crippen MR) is 56.8 cm³/mol. The third-order valence-corrected chi connectivity index (χ3v) is 1.96.